The predicted molar refractivity (Wildman–Crippen MR) is 74.3 cm³/mol. The minimum absolute atomic E-state index is 0.252. The summed E-state index contributed by atoms with van der Waals surface area (Å²) >= 11 is 0. The summed E-state index contributed by atoms with van der Waals surface area (Å²) < 4.78 is 38.9. The van der Waals surface area contributed by atoms with Crippen molar-refractivity contribution >= 4 is 5.69 Å². The van der Waals surface area contributed by atoms with Crippen molar-refractivity contribution in [3.8, 4) is 0 Å². The van der Waals surface area contributed by atoms with Crippen LogP contribution in [0.5, 0.6) is 0 Å². The molecule has 0 aliphatic heterocycles. The Balaban J connectivity index is 1.90. The van der Waals surface area contributed by atoms with Crippen LogP contribution in [0, 0.1) is 17.5 Å². The van der Waals surface area contributed by atoms with Gasteiger partial charge in [-0.1, -0.05) is 37.3 Å². The van der Waals surface area contributed by atoms with Gasteiger partial charge in [0.05, 0.1) is 0 Å². The number of halogens is 3. The molecule has 2 rings (SSSR count). The first-order chi connectivity index (χ1) is 9.58. The zero-order chi connectivity index (χ0) is 14.5. The van der Waals surface area contributed by atoms with Crippen molar-refractivity contribution in [2.24, 2.45) is 0 Å². The Morgan fingerprint density at radius 3 is 2.20 bits per heavy atom. The van der Waals surface area contributed by atoms with Gasteiger partial charge in [-0.05, 0) is 17.9 Å². The topological polar surface area (TPSA) is 12.0 Å². The van der Waals surface area contributed by atoms with Crippen LogP contribution in [0.15, 0.2) is 42.5 Å². The summed E-state index contributed by atoms with van der Waals surface area (Å²) in [7, 11) is 0. The molecule has 2 aromatic carbocycles. The SMILES string of the molecule is CC(CCNc1cc(F)c(F)c(F)c1)c1ccccc1. The number of hydrogen-bond acceptors (Lipinski definition) is 1. The molecule has 106 valence electrons. The highest BCUT2D eigenvalue weighted by atomic mass is 19.2. The van der Waals surface area contributed by atoms with Gasteiger partial charge in [0, 0.05) is 24.4 Å². The van der Waals surface area contributed by atoms with Crippen LogP contribution in [0.1, 0.15) is 24.8 Å². The van der Waals surface area contributed by atoms with Gasteiger partial charge in [0.15, 0.2) is 17.5 Å². The second-order valence-corrected chi connectivity index (χ2v) is 4.78. The van der Waals surface area contributed by atoms with Crippen molar-refractivity contribution in [2.45, 2.75) is 19.3 Å². The van der Waals surface area contributed by atoms with Crippen molar-refractivity contribution in [3.05, 3.63) is 65.5 Å². The number of nitrogens with one attached hydrogen (secondary N) is 1. The van der Waals surface area contributed by atoms with Crippen LogP contribution in [-0.4, -0.2) is 6.54 Å². The molecule has 0 aliphatic rings. The fourth-order valence-electron chi connectivity index (χ4n) is 2.04. The van der Waals surface area contributed by atoms with Gasteiger partial charge in [-0.15, -0.1) is 0 Å². The summed E-state index contributed by atoms with van der Waals surface area (Å²) in [4.78, 5) is 0. The molecule has 0 fully saturated rings. The molecule has 0 aliphatic carbocycles. The lowest BCUT2D eigenvalue weighted by Gasteiger charge is -2.13. The molecule has 0 amide bonds. The minimum atomic E-state index is -1.44. The standard InChI is InChI=1S/C16H16F3N/c1-11(12-5-3-2-4-6-12)7-8-20-13-9-14(17)16(19)15(18)10-13/h2-6,9-11,20H,7-8H2,1H3. The van der Waals surface area contributed by atoms with Crippen LogP contribution in [0.25, 0.3) is 0 Å². The quantitative estimate of drug-likeness (QED) is 0.782. The lowest BCUT2D eigenvalue weighted by Crippen LogP contribution is -2.07. The molecule has 0 saturated carbocycles. The van der Waals surface area contributed by atoms with Crippen LogP contribution in [-0.2, 0) is 0 Å². The van der Waals surface area contributed by atoms with Crippen LogP contribution in [0.3, 0.4) is 0 Å². The highest BCUT2D eigenvalue weighted by molar-refractivity contribution is 5.44. The molecule has 1 atom stereocenters. The van der Waals surface area contributed by atoms with E-state index in [1.54, 1.807) is 0 Å². The van der Waals surface area contributed by atoms with Gasteiger partial charge in [-0.3, -0.25) is 0 Å². The van der Waals surface area contributed by atoms with Gasteiger partial charge in [-0.2, -0.15) is 0 Å². The van der Waals surface area contributed by atoms with Crippen molar-refractivity contribution in [3.63, 3.8) is 0 Å². The Bertz CT molecular complexity index is 546. The van der Waals surface area contributed by atoms with Gasteiger partial charge in [0.2, 0.25) is 0 Å². The Morgan fingerprint density at radius 1 is 1.00 bits per heavy atom. The number of benzene rings is 2. The van der Waals surface area contributed by atoms with Gasteiger partial charge >= 0.3 is 0 Å². The van der Waals surface area contributed by atoms with Crippen LogP contribution in [0.4, 0.5) is 18.9 Å². The molecule has 20 heavy (non-hydrogen) atoms. The first-order valence-electron chi connectivity index (χ1n) is 6.51. The Morgan fingerprint density at radius 2 is 1.60 bits per heavy atom. The third-order valence-corrected chi connectivity index (χ3v) is 3.26. The lowest BCUT2D eigenvalue weighted by molar-refractivity contribution is 0.447. The third-order valence-electron chi connectivity index (χ3n) is 3.26. The minimum Gasteiger partial charge on any atom is -0.385 e. The van der Waals surface area contributed by atoms with E-state index in [1.165, 1.54) is 5.56 Å². The maximum Gasteiger partial charge on any atom is 0.194 e. The smallest absolute Gasteiger partial charge is 0.194 e. The molecule has 1 nitrogen and oxygen atoms in total. The molecular formula is C16H16F3N. The molecule has 1 N–H and O–H groups in total. The monoisotopic (exact) mass is 279 g/mol. The maximum absolute atomic E-state index is 13.0. The Labute approximate surface area is 116 Å². The average Bonchev–Trinajstić information content (AvgIpc) is 2.45. The molecule has 0 radical (unpaired) electrons. The second kappa shape index (κ2) is 6.46. The van der Waals surface area contributed by atoms with E-state index in [2.05, 4.69) is 12.2 Å². The molecule has 4 heteroatoms. The van der Waals surface area contributed by atoms with E-state index in [-0.39, 0.29) is 5.69 Å². The van der Waals surface area contributed by atoms with Crippen LogP contribution >= 0.6 is 0 Å². The molecule has 2 aromatic rings. The molecule has 0 heterocycles. The summed E-state index contributed by atoms with van der Waals surface area (Å²) in [6, 6.07) is 11.9. The molecule has 0 aromatic heterocycles. The van der Waals surface area contributed by atoms with Gasteiger partial charge in [-0.25, -0.2) is 13.2 Å². The van der Waals surface area contributed by atoms with E-state index in [4.69, 9.17) is 0 Å². The van der Waals surface area contributed by atoms with E-state index in [9.17, 15) is 13.2 Å². The fraction of sp³-hybridized carbons (Fsp3) is 0.250. The van der Waals surface area contributed by atoms with Gasteiger partial charge in [0.25, 0.3) is 0 Å². The van der Waals surface area contributed by atoms with E-state index < -0.39 is 17.5 Å². The van der Waals surface area contributed by atoms with Crippen molar-refractivity contribution < 1.29 is 13.2 Å². The summed E-state index contributed by atoms with van der Waals surface area (Å²) in [5, 5.41) is 2.91. The Kier molecular flexibility index (Phi) is 4.66. The normalized spacial score (nSPS) is 12.2. The van der Waals surface area contributed by atoms with E-state index in [0.717, 1.165) is 18.6 Å². The van der Waals surface area contributed by atoms with E-state index >= 15 is 0 Å². The highest BCUT2D eigenvalue weighted by Crippen LogP contribution is 2.20. The first kappa shape index (κ1) is 14.4. The number of anilines is 1. The Hall–Kier alpha value is -1.97. The van der Waals surface area contributed by atoms with Crippen molar-refractivity contribution in [1.82, 2.24) is 0 Å². The molecule has 0 saturated heterocycles. The van der Waals surface area contributed by atoms with Crippen molar-refractivity contribution in [1.29, 1.82) is 0 Å². The predicted octanol–water partition coefficient (Wildman–Crippen LogP) is 4.71. The maximum atomic E-state index is 13.0. The van der Waals surface area contributed by atoms with Crippen molar-refractivity contribution in [2.75, 3.05) is 11.9 Å². The third kappa shape index (κ3) is 3.53. The second-order valence-electron chi connectivity index (χ2n) is 4.78. The van der Waals surface area contributed by atoms with Crippen LogP contribution in [0.2, 0.25) is 0 Å². The zero-order valence-electron chi connectivity index (χ0n) is 11.2. The number of rotatable bonds is 5. The summed E-state index contributed by atoms with van der Waals surface area (Å²) in [6.45, 7) is 2.64. The highest BCUT2D eigenvalue weighted by Gasteiger charge is 2.10. The largest absolute Gasteiger partial charge is 0.385 e. The lowest BCUT2D eigenvalue weighted by atomic mass is 9.98. The van der Waals surface area contributed by atoms with Gasteiger partial charge < -0.3 is 5.32 Å². The van der Waals surface area contributed by atoms with E-state index in [1.807, 2.05) is 30.3 Å². The molecule has 0 spiro atoms. The molecular weight excluding hydrogens is 263 g/mol. The average molecular weight is 279 g/mol. The molecule has 1 unspecified atom stereocenters. The first-order valence-corrected chi connectivity index (χ1v) is 6.51. The fourth-order valence-corrected chi connectivity index (χ4v) is 2.04. The van der Waals surface area contributed by atoms with E-state index in [0.29, 0.717) is 12.5 Å². The van der Waals surface area contributed by atoms with Crippen LogP contribution < -0.4 is 5.32 Å². The molecule has 0 bridgehead atoms. The summed E-state index contributed by atoms with van der Waals surface area (Å²) in [5.74, 6) is -3.46. The summed E-state index contributed by atoms with van der Waals surface area (Å²) in [5.41, 5.74) is 1.47. The summed E-state index contributed by atoms with van der Waals surface area (Å²) in [6.07, 6.45) is 0.810. The number of hydrogen-bond donors (Lipinski definition) is 1. The zero-order valence-corrected chi connectivity index (χ0v) is 11.2. The van der Waals surface area contributed by atoms with Gasteiger partial charge in [0.1, 0.15) is 0 Å².